The maximum Gasteiger partial charge on any atom is 0.331 e. The number of carbonyl (C=O) groups is 2. The highest BCUT2D eigenvalue weighted by Gasteiger charge is 2.30. The Kier molecular flexibility index (Phi) is 4.55. The van der Waals surface area contributed by atoms with Gasteiger partial charge in [-0.1, -0.05) is 13.0 Å². The maximum atomic E-state index is 12.8. The molecule has 5 heteroatoms. The summed E-state index contributed by atoms with van der Waals surface area (Å²) in [5, 5.41) is 0. The quantitative estimate of drug-likeness (QED) is 0.635. The Morgan fingerprint density at radius 1 is 1.35 bits per heavy atom. The van der Waals surface area contributed by atoms with E-state index in [4.69, 9.17) is 4.74 Å². The Balaban J connectivity index is 1.77. The zero-order valence-electron chi connectivity index (χ0n) is 13.9. The van der Waals surface area contributed by atoms with E-state index in [9.17, 15) is 9.59 Å². The molecule has 1 amide bonds. The van der Waals surface area contributed by atoms with Gasteiger partial charge in [0.25, 0.3) is 0 Å². The van der Waals surface area contributed by atoms with Crippen LogP contribution in [0.3, 0.4) is 0 Å². The van der Waals surface area contributed by atoms with Crippen molar-refractivity contribution in [2.24, 2.45) is 0 Å². The van der Waals surface area contributed by atoms with E-state index >= 15 is 0 Å². The molecule has 1 saturated heterocycles. The van der Waals surface area contributed by atoms with Crippen LogP contribution in [0.25, 0.3) is 0 Å². The molecule has 2 aliphatic heterocycles. The summed E-state index contributed by atoms with van der Waals surface area (Å²) in [6.45, 7) is 5.29. The number of ether oxygens (including phenoxy) is 1. The third-order valence-electron chi connectivity index (χ3n) is 4.74. The third-order valence-corrected chi connectivity index (χ3v) is 4.74. The number of anilines is 1. The fourth-order valence-corrected chi connectivity index (χ4v) is 3.51. The molecule has 5 nitrogen and oxygen atoms in total. The second-order valence-corrected chi connectivity index (χ2v) is 6.45. The fraction of sp³-hybridized carbons (Fsp3) is 0.556. The molecule has 2 aliphatic rings. The molecule has 1 fully saturated rings. The van der Waals surface area contributed by atoms with Crippen molar-refractivity contribution in [3.05, 3.63) is 23.8 Å². The number of nitrogens with zero attached hydrogens (tertiary/aromatic N) is 2. The van der Waals surface area contributed by atoms with Gasteiger partial charge in [0, 0.05) is 12.6 Å². The van der Waals surface area contributed by atoms with Gasteiger partial charge in [0.2, 0.25) is 5.91 Å². The molecule has 1 atom stereocenters. The maximum absolute atomic E-state index is 12.8. The molecule has 0 N–H and O–H groups in total. The largest absolute Gasteiger partial charge is 0.423 e. The van der Waals surface area contributed by atoms with E-state index in [0.29, 0.717) is 11.8 Å². The first kappa shape index (κ1) is 15.8. The molecule has 1 aromatic carbocycles. The summed E-state index contributed by atoms with van der Waals surface area (Å²) in [5.74, 6) is 0.360. The highest BCUT2D eigenvalue weighted by molar-refractivity contribution is 5.89. The van der Waals surface area contributed by atoms with Crippen molar-refractivity contribution in [3.63, 3.8) is 0 Å². The number of fused-ring (bicyclic) bond motifs is 1. The summed E-state index contributed by atoms with van der Waals surface area (Å²) in [6.07, 6.45) is 4.34. The van der Waals surface area contributed by atoms with E-state index in [1.165, 1.54) is 6.42 Å². The number of hydrogen-bond donors (Lipinski definition) is 0. The minimum absolute atomic E-state index is 0.109. The van der Waals surface area contributed by atoms with E-state index in [2.05, 4.69) is 6.92 Å². The number of aryl methyl sites for hydroxylation is 1. The first-order valence-electron chi connectivity index (χ1n) is 8.44. The highest BCUT2D eigenvalue weighted by atomic mass is 16.5. The number of piperidine rings is 1. The van der Waals surface area contributed by atoms with Crippen molar-refractivity contribution in [1.29, 1.82) is 0 Å². The lowest BCUT2D eigenvalue weighted by Crippen LogP contribution is -2.49. The number of rotatable bonds is 3. The van der Waals surface area contributed by atoms with Crippen LogP contribution in [-0.2, 0) is 9.59 Å². The van der Waals surface area contributed by atoms with E-state index in [1.54, 1.807) is 0 Å². The molecule has 0 aliphatic carbocycles. The van der Waals surface area contributed by atoms with Gasteiger partial charge in [-0.05, 0) is 50.3 Å². The Labute approximate surface area is 137 Å². The number of hydrogen-bond acceptors (Lipinski definition) is 4. The molecule has 3 rings (SSSR count). The molecule has 23 heavy (non-hydrogen) atoms. The van der Waals surface area contributed by atoms with Crippen LogP contribution in [0.2, 0.25) is 0 Å². The van der Waals surface area contributed by atoms with Crippen LogP contribution in [0.1, 0.15) is 38.2 Å². The topological polar surface area (TPSA) is 49.9 Å². The molecule has 0 bridgehead atoms. The molecule has 2 heterocycles. The summed E-state index contributed by atoms with van der Waals surface area (Å²) in [7, 11) is 0. The van der Waals surface area contributed by atoms with Gasteiger partial charge < -0.3 is 14.5 Å². The average Bonchev–Trinajstić information content (AvgIpc) is 2.54. The normalized spacial score (nSPS) is 21.0. The zero-order valence-corrected chi connectivity index (χ0v) is 13.9. The van der Waals surface area contributed by atoms with Gasteiger partial charge in [-0.3, -0.25) is 4.79 Å². The van der Waals surface area contributed by atoms with Crippen molar-refractivity contribution >= 4 is 17.6 Å². The van der Waals surface area contributed by atoms with Crippen molar-refractivity contribution < 1.29 is 14.3 Å². The Morgan fingerprint density at radius 2 is 2.17 bits per heavy atom. The van der Waals surface area contributed by atoms with Crippen molar-refractivity contribution in [3.8, 4) is 5.75 Å². The van der Waals surface area contributed by atoms with Gasteiger partial charge in [-0.15, -0.1) is 0 Å². The van der Waals surface area contributed by atoms with Crippen molar-refractivity contribution in [1.82, 2.24) is 4.90 Å². The summed E-state index contributed by atoms with van der Waals surface area (Å²) < 4.78 is 5.31. The molecular weight excluding hydrogens is 292 g/mol. The SMILES string of the molecule is CCC1CCCCN1C(=O)CN1CC(=O)Oc2cc(C)ccc21. The Morgan fingerprint density at radius 3 is 2.96 bits per heavy atom. The molecule has 1 aromatic rings. The standard InChI is InChI=1S/C18H24N2O3/c1-3-14-6-4-5-9-20(14)17(21)11-19-12-18(22)23-16-10-13(2)7-8-15(16)19/h7-8,10,14H,3-6,9,11-12H2,1-2H3. The van der Waals surface area contributed by atoms with Crippen LogP contribution in [0.4, 0.5) is 5.69 Å². The molecule has 124 valence electrons. The Hall–Kier alpha value is -2.04. The minimum atomic E-state index is -0.304. The molecule has 0 radical (unpaired) electrons. The number of benzene rings is 1. The predicted molar refractivity (Wildman–Crippen MR) is 88.7 cm³/mol. The van der Waals surface area contributed by atoms with Crippen LogP contribution in [0, 0.1) is 6.92 Å². The van der Waals surface area contributed by atoms with Crippen molar-refractivity contribution in [2.45, 2.75) is 45.6 Å². The fourth-order valence-electron chi connectivity index (χ4n) is 3.51. The smallest absolute Gasteiger partial charge is 0.331 e. The molecule has 0 aromatic heterocycles. The monoisotopic (exact) mass is 316 g/mol. The number of carbonyl (C=O) groups excluding carboxylic acids is 2. The van der Waals surface area contributed by atoms with Crippen molar-refractivity contribution in [2.75, 3.05) is 24.5 Å². The van der Waals surface area contributed by atoms with Gasteiger partial charge in [0.15, 0.2) is 5.75 Å². The minimum Gasteiger partial charge on any atom is -0.423 e. The average molecular weight is 316 g/mol. The second kappa shape index (κ2) is 6.60. The van der Waals surface area contributed by atoms with Crippen LogP contribution >= 0.6 is 0 Å². The van der Waals surface area contributed by atoms with Crippen LogP contribution in [0.5, 0.6) is 5.75 Å². The Bertz CT molecular complexity index is 614. The molecule has 1 unspecified atom stereocenters. The molecule has 0 saturated carbocycles. The summed E-state index contributed by atoms with van der Waals surface area (Å²) >= 11 is 0. The van der Waals surface area contributed by atoms with Crippen LogP contribution in [0.15, 0.2) is 18.2 Å². The van der Waals surface area contributed by atoms with E-state index < -0.39 is 0 Å². The summed E-state index contributed by atoms with van der Waals surface area (Å²) in [5.41, 5.74) is 1.86. The zero-order chi connectivity index (χ0) is 16.4. The van der Waals surface area contributed by atoms with Crippen LogP contribution < -0.4 is 9.64 Å². The number of amides is 1. The van der Waals surface area contributed by atoms with E-state index in [0.717, 1.165) is 37.1 Å². The second-order valence-electron chi connectivity index (χ2n) is 6.45. The lowest BCUT2D eigenvalue weighted by molar-refractivity contribution is -0.134. The highest BCUT2D eigenvalue weighted by Crippen LogP contribution is 2.33. The van der Waals surface area contributed by atoms with E-state index in [-0.39, 0.29) is 25.0 Å². The number of esters is 1. The third kappa shape index (κ3) is 3.33. The van der Waals surface area contributed by atoms with Crippen LogP contribution in [-0.4, -0.2) is 42.5 Å². The van der Waals surface area contributed by atoms with Gasteiger partial charge in [-0.2, -0.15) is 0 Å². The predicted octanol–water partition coefficient (Wildman–Crippen LogP) is 2.51. The molecule has 0 spiro atoms. The summed E-state index contributed by atoms with van der Waals surface area (Å²) in [4.78, 5) is 28.4. The lowest BCUT2D eigenvalue weighted by atomic mass is 10.00. The summed E-state index contributed by atoms with van der Waals surface area (Å²) in [6, 6.07) is 6.09. The number of likely N-dealkylation sites (tertiary alicyclic amines) is 1. The lowest BCUT2D eigenvalue weighted by Gasteiger charge is -2.37. The van der Waals surface area contributed by atoms with Gasteiger partial charge in [-0.25, -0.2) is 4.79 Å². The van der Waals surface area contributed by atoms with E-state index in [1.807, 2.05) is 34.9 Å². The first-order valence-corrected chi connectivity index (χ1v) is 8.44. The van der Waals surface area contributed by atoms with Gasteiger partial charge >= 0.3 is 5.97 Å². The van der Waals surface area contributed by atoms with Gasteiger partial charge in [0.1, 0.15) is 6.54 Å². The first-order chi connectivity index (χ1) is 11.1. The van der Waals surface area contributed by atoms with Gasteiger partial charge in [0.05, 0.1) is 12.2 Å². The molecular formula is C18H24N2O3.